The second-order valence-corrected chi connectivity index (χ2v) is 4.24. The number of anilines is 1. The summed E-state index contributed by atoms with van der Waals surface area (Å²) in [7, 11) is 3.63. The van der Waals surface area contributed by atoms with Crippen molar-refractivity contribution in [1.82, 2.24) is 0 Å². The molecule has 1 aromatic carbocycles. The van der Waals surface area contributed by atoms with Crippen LogP contribution < -0.4 is 10.1 Å². The van der Waals surface area contributed by atoms with Gasteiger partial charge in [0.15, 0.2) is 5.75 Å². The molecular formula is C13H14ClNO6. The summed E-state index contributed by atoms with van der Waals surface area (Å²) in [6, 6.07) is 1.19. The second kappa shape index (κ2) is 6.94. The number of hydrogen-bond donors (Lipinski definition) is 1. The molecular weight excluding hydrogens is 302 g/mol. The maximum absolute atomic E-state index is 11.8. The number of halogens is 1. The van der Waals surface area contributed by atoms with Crippen LogP contribution in [0.15, 0.2) is 6.07 Å². The van der Waals surface area contributed by atoms with Gasteiger partial charge in [-0.3, -0.25) is 4.79 Å². The summed E-state index contributed by atoms with van der Waals surface area (Å²) >= 11 is 6.11. The van der Waals surface area contributed by atoms with Crippen LogP contribution in [0, 0.1) is 0 Å². The first kappa shape index (κ1) is 16.8. The van der Waals surface area contributed by atoms with Crippen molar-refractivity contribution in [3.63, 3.8) is 0 Å². The molecule has 1 N–H and O–H groups in total. The Morgan fingerprint density at radius 1 is 1.05 bits per heavy atom. The molecule has 0 heterocycles. The Balaban J connectivity index is 3.66. The van der Waals surface area contributed by atoms with Crippen LogP contribution in [0.1, 0.15) is 27.6 Å². The van der Waals surface area contributed by atoms with Crippen LogP contribution in [0.2, 0.25) is 5.02 Å². The summed E-state index contributed by atoms with van der Waals surface area (Å²) in [5.74, 6) is -1.98. The number of carbonyl (C=O) groups is 3. The minimum Gasteiger partial charge on any atom is -0.494 e. The maximum atomic E-state index is 11.8. The van der Waals surface area contributed by atoms with Gasteiger partial charge in [0.25, 0.3) is 0 Å². The summed E-state index contributed by atoms with van der Waals surface area (Å²) in [6.45, 7) is 1.25. The zero-order chi connectivity index (χ0) is 16.2. The minimum atomic E-state index is -0.770. The van der Waals surface area contributed by atoms with E-state index in [4.69, 9.17) is 16.3 Å². The average Bonchev–Trinajstić information content (AvgIpc) is 2.46. The van der Waals surface area contributed by atoms with Crippen molar-refractivity contribution in [2.24, 2.45) is 0 Å². The fourth-order valence-electron chi connectivity index (χ4n) is 1.66. The van der Waals surface area contributed by atoms with E-state index < -0.39 is 17.8 Å². The third kappa shape index (κ3) is 3.43. The number of rotatable bonds is 4. The molecule has 0 aliphatic rings. The van der Waals surface area contributed by atoms with Gasteiger partial charge in [-0.2, -0.15) is 0 Å². The molecule has 1 aromatic rings. The molecule has 1 rings (SSSR count). The highest BCUT2D eigenvalue weighted by Crippen LogP contribution is 2.39. The Bertz CT molecular complexity index is 599. The zero-order valence-electron chi connectivity index (χ0n) is 11.9. The molecule has 0 aliphatic heterocycles. The molecule has 0 aromatic heterocycles. The minimum absolute atomic E-state index is 0.000481. The maximum Gasteiger partial charge on any atom is 0.341 e. The molecule has 0 saturated heterocycles. The Morgan fingerprint density at radius 2 is 1.57 bits per heavy atom. The number of esters is 2. The van der Waals surface area contributed by atoms with Crippen molar-refractivity contribution in [2.75, 3.05) is 26.6 Å². The topological polar surface area (TPSA) is 90.9 Å². The molecule has 8 heteroatoms. The zero-order valence-corrected chi connectivity index (χ0v) is 12.7. The number of nitrogens with one attached hydrogen (secondary N) is 1. The first-order chi connectivity index (χ1) is 9.87. The van der Waals surface area contributed by atoms with Gasteiger partial charge in [0.2, 0.25) is 5.91 Å². The summed E-state index contributed by atoms with van der Waals surface area (Å²) in [6.07, 6.45) is 0. The molecule has 0 radical (unpaired) electrons. The number of methoxy groups -OCH3 is 3. The Kier molecular flexibility index (Phi) is 5.54. The normalized spacial score (nSPS) is 9.76. The lowest BCUT2D eigenvalue weighted by Gasteiger charge is -2.16. The lowest BCUT2D eigenvalue weighted by Crippen LogP contribution is -2.15. The molecule has 7 nitrogen and oxygen atoms in total. The summed E-state index contributed by atoms with van der Waals surface area (Å²) in [5.41, 5.74) is -0.140. The van der Waals surface area contributed by atoms with Crippen LogP contribution in [0.3, 0.4) is 0 Å². The van der Waals surface area contributed by atoms with Crippen LogP contribution in [0.25, 0.3) is 0 Å². The smallest absolute Gasteiger partial charge is 0.341 e. The molecule has 0 atom stereocenters. The molecule has 0 aliphatic carbocycles. The highest BCUT2D eigenvalue weighted by molar-refractivity contribution is 6.37. The van der Waals surface area contributed by atoms with Gasteiger partial charge in [0, 0.05) is 6.92 Å². The van der Waals surface area contributed by atoms with E-state index in [-0.39, 0.29) is 27.6 Å². The van der Waals surface area contributed by atoms with Gasteiger partial charge >= 0.3 is 11.9 Å². The first-order valence-corrected chi connectivity index (χ1v) is 6.09. The van der Waals surface area contributed by atoms with Crippen molar-refractivity contribution in [3.8, 4) is 5.75 Å². The molecule has 114 valence electrons. The Morgan fingerprint density at radius 3 is 2.00 bits per heavy atom. The Hall–Kier alpha value is -2.28. The third-order valence-electron chi connectivity index (χ3n) is 2.54. The van der Waals surface area contributed by atoms with E-state index in [0.717, 1.165) is 7.11 Å². The summed E-state index contributed by atoms with van der Waals surface area (Å²) in [4.78, 5) is 34.8. The summed E-state index contributed by atoms with van der Waals surface area (Å²) < 4.78 is 14.3. The molecule has 0 fully saturated rings. The van der Waals surface area contributed by atoms with Crippen LogP contribution in [0.5, 0.6) is 5.75 Å². The van der Waals surface area contributed by atoms with E-state index in [0.29, 0.717) is 0 Å². The largest absolute Gasteiger partial charge is 0.494 e. The lowest BCUT2D eigenvalue weighted by molar-refractivity contribution is -0.114. The van der Waals surface area contributed by atoms with E-state index in [2.05, 4.69) is 14.8 Å². The van der Waals surface area contributed by atoms with E-state index in [9.17, 15) is 14.4 Å². The van der Waals surface area contributed by atoms with Crippen LogP contribution in [-0.2, 0) is 14.3 Å². The Labute approximate surface area is 126 Å². The average molecular weight is 316 g/mol. The van der Waals surface area contributed by atoms with Crippen LogP contribution in [0.4, 0.5) is 5.69 Å². The quantitative estimate of drug-likeness (QED) is 0.853. The monoisotopic (exact) mass is 315 g/mol. The van der Waals surface area contributed by atoms with Crippen LogP contribution in [-0.4, -0.2) is 39.2 Å². The number of carbonyl (C=O) groups excluding carboxylic acids is 3. The van der Waals surface area contributed by atoms with E-state index in [1.807, 2.05) is 0 Å². The predicted octanol–water partition coefficient (Wildman–Crippen LogP) is 1.88. The molecule has 1 amide bonds. The lowest BCUT2D eigenvalue weighted by atomic mass is 10.1. The molecule has 0 spiro atoms. The standard InChI is InChI=1S/C13H14ClNO6/c1-6(16)15-10-7(12(17)20-3)5-8(13(18)21-4)11(19-2)9(10)14/h5H,1-4H3,(H,15,16). The predicted molar refractivity (Wildman–Crippen MR) is 75.0 cm³/mol. The molecule has 0 saturated carbocycles. The van der Waals surface area contributed by atoms with E-state index in [1.165, 1.54) is 27.2 Å². The molecule has 0 bridgehead atoms. The molecule has 21 heavy (non-hydrogen) atoms. The molecule has 0 unspecified atom stereocenters. The SMILES string of the molecule is COC(=O)c1cc(C(=O)OC)c(OC)c(Cl)c1NC(C)=O. The van der Waals surface area contributed by atoms with Crippen LogP contribution >= 0.6 is 11.6 Å². The second-order valence-electron chi connectivity index (χ2n) is 3.86. The number of hydrogen-bond acceptors (Lipinski definition) is 6. The number of amides is 1. The van der Waals surface area contributed by atoms with Crippen molar-refractivity contribution >= 4 is 35.1 Å². The third-order valence-corrected chi connectivity index (χ3v) is 2.90. The van der Waals surface area contributed by atoms with E-state index in [1.54, 1.807) is 0 Å². The highest BCUT2D eigenvalue weighted by Gasteiger charge is 2.26. The van der Waals surface area contributed by atoms with Gasteiger partial charge < -0.3 is 19.5 Å². The van der Waals surface area contributed by atoms with Gasteiger partial charge in [0.05, 0.1) is 32.6 Å². The van der Waals surface area contributed by atoms with Gasteiger partial charge in [0.1, 0.15) is 10.6 Å². The van der Waals surface area contributed by atoms with Gasteiger partial charge in [-0.1, -0.05) is 11.6 Å². The van der Waals surface area contributed by atoms with Crippen molar-refractivity contribution in [2.45, 2.75) is 6.92 Å². The van der Waals surface area contributed by atoms with Gasteiger partial charge in [-0.05, 0) is 6.07 Å². The fraction of sp³-hybridized carbons (Fsp3) is 0.308. The first-order valence-electron chi connectivity index (χ1n) is 5.72. The van der Waals surface area contributed by atoms with Crippen molar-refractivity contribution in [1.29, 1.82) is 0 Å². The highest BCUT2D eigenvalue weighted by atomic mass is 35.5. The number of benzene rings is 1. The van der Waals surface area contributed by atoms with Crippen molar-refractivity contribution in [3.05, 3.63) is 22.2 Å². The summed E-state index contributed by atoms with van der Waals surface area (Å²) in [5, 5.41) is 2.31. The van der Waals surface area contributed by atoms with Gasteiger partial charge in [-0.15, -0.1) is 0 Å². The van der Waals surface area contributed by atoms with Crippen molar-refractivity contribution < 1.29 is 28.6 Å². The van der Waals surface area contributed by atoms with Gasteiger partial charge in [-0.25, -0.2) is 9.59 Å². The number of ether oxygens (including phenoxy) is 3. The van der Waals surface area contributed by atoms with E-state index >= 15 is 0 Å². The fourth-order valence-corrected chi connectivity index (χ4v) is 1.99.